The van der Waals surface area contributed by atoms with Crippen molar-refractivity contribution in [3.63, 3.8) is 0 Å². The van der Waals surface area contributed by atoms with Crippen molar-refractivity contribution in [1.82, 2.24) is 15.3 Å². The molecule has 8 aromatic rings. The Bertz CT molecular complexity index is 2640. The third-order valence-corrected chi connectivity index (χ3v) is 9.63. The maximum atomic E-state index is 5.19. The van der Waals surface area contributed by atoms with Crippen LogP contribution in [0.25, 0.3) is 55.2 Å². The molecule has 1 atom stereocenters. The van der Waals surface area contributed by atoms with Crippen molar-refractivity contribution in [1.29, 1.82) is 0 Å². The lowest BCUT2D eigenvalue weighted by atomic mass is 9.90. The fraction of sp³-hybridized carbons (Fsp3) is 0.0638. The molecule has 5 heteroatoms. The predicted octanol–water partition coefficient (Wildman–Crippen LogP) is 10.9. The molecule has 1 aliphatic rings. The van der Waals surface area contributed by atoms with Crippen LogP contribution >= 0.6 is 0 Å². The van der Waals surface area contributed by atoms with Crippen molar-refractivity contribution in [2.45, 2.75) is 20.0 Å². The van der Waals surface area contributed by atoms with E-state index in [0.717, 1.165) is 62.0 Å². The second-order valence-corrected chi connectivity index (χ2v) is 13.3. The molecule has 1 aromatic heterocycles. The summed E-state index contributed by atoms with van der Waals surface area (Å²) in [5.41, 5.74) is 10.4. The first-order valence-corrected chi connectivity index (χ1v) is 17.6. The molecule has 2 heterocycles. The van der Waals surface area contributed by atoms with E-state index in [4.69, 9.17) is 20.0 Å². The van der Waals surface area contributed by atoms with Gasteiger partial charge in [-0.25, -0.2) is 20.0 Å². The van der Waals surface area contributed by atoms with Crippen molar-refractivity contribution in [2.75, 3.05) is 0 Å². The number of aryl methyl sites for hydroxylation is 2. The molecular formula is C47H35N5. The zero-order valence-electron chi connectivity index (χ0n) is 29.0. The monoisotopic (exact) mass is 669 g/mol. The Morgan fingerprint density at radius 3 is 1.81 bits per heavy atom. The highest BCUT2D eigenvalue weighted by Gasteiger charge is 2.22. The van der Waals surface area contributed by atoms with Gasteiger partial charge in [0.15, 0.2) is 11.7 Å². The van der Waals surface area contributed by atoms with E-state index in [1.165, 1.54) is 27.1 Å². The Hall–Kier alpha value is -6.72. The van der Waals surface area contributed by atoms with Crippen LogP contribution in [0, 0.1) is 13.8 Å². The summed E-state index contributed by atoms with van der Waals surface area (Å²) in [5.74, 6) is 2.21. The second kappa shape index (κ2) is 13.2. The number of nitrogens with zero attached hydrogens (tertiary/aromatic N) is 4. The van der Waals surface area contributed by atoms with Crippen LogP contribution in [-0.2, 0) is 0 Å². The fourth-order valence-corrected chi connectivity index (χ4v) is 7.16. The van der Waals surface area contributed by atoms with Gasteiger partial charge in [-0.1, -0.05) is 133 Å². The standard InChI is InChI=1S/C47H35N5/c1-30-25-31(2)49-44(48-30)35-23-21-32(22-24-35)37-26-38(43-29-36-17-9-10-18-40(36)41-19-11-12-20-42(41)43)28-39(27-37)47-51-45(33-13-5-3-6-14-33)50-46(52-47)34-15-7-4-8-16-34/h3-29,45H,1-2H3,(H,50,51,52). The predicted molar refractivity (Wildman–Crippen MR) is 215 cm³/mol. The number of amidine groups is 2. The van der Waals surface area contributed by atoms with E-state index in [9.17, 15) is 0 Å². The van der Waals surface area contributed by atoms with Crippen molar-refractivity contribution in [3.8, 4) is 33.6 Å². The van der Waals surface area contributed by atoms with Gasteiger partial charge in [-0.05, 0) is 93.5 Å². The summed E-state index contributed by atoms with van der Waals surface area (Å²) in [4.78, 5) is 19.7. The number of hydrogen-bond acceptors (Lipinski definition) is 5. The Labute approximate surface area is 303 Å². The van der Waals surface area contributed by atoms with E-state index in [2.05, 4.69) is 139 Å². The van der Waals surface area contributed by atoms with Crippen LogP contribution in [0.2, 0.25) is 0 Å². The topological polar surface area (TPSA) is 62.5 Å². The molecule has 7 aromatic carbocycles. The lowest BCUT2D eigenvalue weighted by molar-refractivity contribution is 0.674. The lowest BCUT2D eigenvalue weighted by Gasteiger charge is -2.24. The summed E-state index contributed by atoms with van der Waals surface area (Å²) in [6, 6.07) is 57.6. The van der Waals surface area contributed by atoms with E-state index in [1.807, 2.05) is 44.2 Å². The minimum absolute atomic E-state index is 0.297. The molecule has 9 rings (SSSR count). The first-order chi connectivity index (χ1) is 25.6. The first-order valence-electron chi connectivity index (χ1n) is 17.6. The molecule has 0 bridgehead atoms. The van der Waals surface area contributed by atoms with Crippen LogP contribution in [0.1, 0.15) is 34.2 Å². The largest absolute Gasteiger partial charge is 0.344 e. The van der Waals surface area contributed by atoms with Crippen LogP contribution in [0.5, 0.6) is 0 Å². The summed E-state index contributed by atoms with van der Waals surface area (Å²) >= 11 is 0. The van der Waals surface area contributed by atoms with Crippen molar-refractivity contribution in [3.05, 3.63) is 192 Å². The maximum absolute atomic E-state index is 5.19. The number of fused-ring (bicyclic) bond motifs is 3. The van der Waals surface area contributed by atoms with Crippen molar-refractivity contribution >= 4 is 33.2 Å². The highest BCUT2D eigenvalue weighted by atomic mass is 15.2. The zero-order valence-corrected chi connectivity index (χ0v) is 29.0. The van der Waals surface area contributed by atoms with Gasteiger partial charge in [0.25, 0.3) is 0 Å². The average Bonchev–Trinajstić information content (AvgIpc) is 3.20. The maximum Gasteiger partial charge on any atom is 0.159 e. The Kier molecular flexibility index (Phi) is 7.94. The minimum Gasteiger partial charge on any atom is -0.344 e. The lowest BCUT2D eigenvalue weighted by Crippen LogP contribution is -2.33. The number of rotatable bonds is 6. The van der Waals surface area contributed by atoms with Gasteiger partial charge >= 0.3 is 0 Å². The number of aromatic nitrogens is 2. The van der Waals surface area contributed by atoms with Gasteiger partial charge < -0.3 is 5.32 Å². The molecule has 1 N–H and O–H groups in total. The van der Waals surface area contributed by atoms with Crippen LogP contribution in [0.4, 0.5) is 0 Å². The van der Waals surface area contributed by atoms with E-state index in [0.29, 0.717) is 5.84 Å². The number of aliphatic imine (C=N–C) groups is 2. The third kappa shape index (κ3) is 6.03. The molecule has 0 aliphatic carbocycles. The SMILES string of the molecule is Cc1cc(C)nc(-c2ccc(-c3cc(C4=NC(c5ccccc5)=NC(c5ccccc5)N4)cc(-c4cc5ccccc5c5ccccc45)c3)cc2)n1. The summed E-state index contributed by atoms with van der Waals surface area (Å²) in [6.07, 6.45) is -0.297. The molecule has 1 aliphatic heterocycles. The molecule has 0 fully saturated rings. The summed E-state index contributed by atoms with van der Waals surface area (Å²) < 4.78 is 0. The van der Waals surface area contributed by atoms with Gasteiger partial charge in [-0.15, -0.1) is 0 Å². The minimum atomic E-state index is -0.297. The molecule has 0 saturated heterocycles. The number of nitrogens with one attached hydrogen (secondary N) is 1. The molecule has 0 saturated carbocycles. The van der Waals surface area contributed by atoms with E-state index in [-0.39, 0.29) is 6.17 Å². The molecule has 248 valence electrons. The summed E-state index contributed by atoms with van der Waals surface area (Å²) in [7, 11) is 0. The van der Waals surface area contributed by atoms with Gasteiger partial charge in [0.1, 0.15) is 12.0 Å². The smallest absolute Gasteiger partial charge is 0.159 e. The molecular weight excluding hydrogens is 635 g/mol. The quantitative estimate of drug-likeness (QED) is 0.179. The fourth-order valence-electron chi connectivity index (χ4n) is 7.16. The molecule has 5 nitrogen and oxygen atoms in total. The van der Waals surface area contributed by atoms with E-state index < -0.39 is 0 Å². The van der Waals surface area contributed by atoms with E-state index >= 15 is 0 Å². The van der Waals surface area contributed by atoms with Crippen LogP contribution < -0.4 is 5.32 Å². The molecule has 0 radical (unpaired) electrons. The highest BCUT2D eigenvalue weighted by Crippen LogP contribution is 2.38. The highest BCUT2D eigenvalue weighted by molar-refractivity contribution is 6.16. The molecule has 52 heavy (non-hydrogen) atoms. The zero-order chi connectivity index (χ0) is 35.0. The number of hydrogen-bond donors (Lipinski definition) is 1. The average molecular weight is 670 g/mol. The van der Waals surface area contributed by atoms with Gasteiger partial charge in [0.2, 0.25) is 0 Å². The van der Waals surface area contributed by atoms with Crippen LogP contribution in [0.15, 0.2) is 174 Å². The summed E-state index contributed by atoms with van der Waals surface area (Å²) in [5, 5.41) is 8.59. The van der Waals surface area contributed by atoms with Gasteiger partial charge in [-0.3, -0.25) is 0 Å². The van der Waals surface area contributed by atoms with E-state index in [1.54, 1.807) is 0 Å². The number of benzene rings is 7. The van der Waals surface area contributed by atoms with Crippen molar-refractivity contribution < 1.29 is 0 Å². The molecule has 0 spiro atoms. The Morgan fingerprint density at radius 2 is 1.06 bits per heavy atom. The third-order valence-electron chi connectivity index (χ3n) is 9.63. The Morgan fingerprint density at radius 1 is 0.462 bits per heavy atom. The Balaban J connectivity index is 1.24. The molecule has 1 unspecified atom stereocenters. The normalized spacial score (nSPS) is 14.2. The van der Waals surface area contributed by atoms with Gasteiger partial charge in [0, 0.05) is 28.1 Å². The first kappa shape index (κ1) is 31.3. The molecule has 0 amide bonds. The van der Waals surface area contributed by atoms with Crippen LogP contribution in [-0.4, -0.2) is 21.6 Å². The van der Waals surface area contributed by atoms with Gasteiger partial charge in [0.05, 0.1) is 0 Å². The van der Waals surface area contributed by atoms with Gasteiger partial charge in [-0.2, -0.15) is 0 Å². The summed E-state index contributed by atoms with van der Waals surface area (Å²) in [6.45, 7) is 4.02. The van der Waals surface area contributed by atoms with Crippen LogP contribution in [0.3, 0.4) is 0 Å². The second-order valence-electron chi connectivity index (χ2n) is 13.3. The van der Waals surface area contributed by atoms with Crippen molar-refractivity contribution in [2.24, 2.45) is 9.98 Å².